The number of carbonyl (C=O) groups is 4. The molecule has 0 atom stereocenters. The van der Waals surface area contributed by atoms with Crippen LogP contribution in [0.4, 0.5) is 0 Å². The highest BCUT2D eigenvalue weighted by molar-refractivity contribution is 5.91. The van der Waals surface area contributed by atoms with Crippen LogP contribution < -0.4 is 18.9 Å². The largest absolute Gasteiger partial charge is 0.490 e. The summed E-state index contributed by atoms with van der Waals surface area (Å²) in [6.45, 7) is 1.29. The van der Waals surface area contributed by atoms with E-state index in [0.29, 0.717) is 48.7 Å². The molecule has 3 rings (SSSR count). The molecule has 2 aromatic carbocycles. The van der Waals surface area contributed by atoms with Crippen LogP contribution in [0.1, 0.15) is 38.5 Å². The summed E-state index contributed by atoms with van der Waals surface area (Å²) in [5, 5.41) is 0. The van der Waals surface area contributed by atoms with Gasteiger partial charge >= 0.3 is 23.9 Å². The Labute approximate surface area is 244 Å². The van der Waals surface area contributed by atoms with Crippen LogP contribution >= 0.6 is 0 Å². The molecule has 2 aromatic rings. The van der Waals surface area contributed by atoms with Crippen molar-refractivity contribution in [1.82, 2.24) is 0 Å². The van der Waals surface area contributed by atoms with E-state index in [1.165, 1.54) is 0 Å². The molecule has 12 nitrogen and oxygen atoms in total. The predicted octanol–water partition coefficient (Wildman–Crippen LogP) is 3.43. The normalized spacial score (nSPS) is 17.9. The Morgan fingerprint density at radius 2 is 0.548 bits per heavy atom. The van der Waals surface area contributed by atoms with Gasteiger partial charge in [0.05, 0.1) is 52.9 Å². The molecule has 1 aliphatic heterocycles. The topological polar surface area (TPSA) is 142 Å². The summed E-state index contributed by atoms with van der Waals surface area (Å²) >= 11 is 0. The lowest BCUT2D eigenvalue weighted by Crippen LogP contribution is -2.17. The number of ether oxygens (including phenoxy) is 8. The van der Waals surface area contributed by atoms with Gasteiger partial charge in [-0.3, -0.25) is 19.2 Å². The molecule has 1 aliphatic rings. The molecule has 12 heteroatoms. The van der Waals surface area contributed by atoms with Crippen molar-refractivity contribution in [3.8, 4) is 23.0 Å². The molecule has 0 saturated heterocycles. The van der Waals surface area contributed by atoms with Crippen LogP contribution in [0.2, 0.25) is 0 Å². The van der Waals surface area contributed by atoms with Gasteiger partial charge in [-0.25, -0.2) is 0 Å². The van der Waals surface area contributed by atoms with Gasteiger partial charge in [-0.1, -0.05) is 24.3 Å². The third-order valence-electron chi connectivity index (χ3n) is 5.51. The van der Waals surface area contributed by atoms with Crippen molar-refractivity contribution in [3.05, 3.63) is 48.5 Å². The first-order chi connectivity index (χ1) is 20.5. The predicted molar refractivity (Wildman–Crippen MR) is 146 cm³/mol. The first-order valence-corrected chi connectivity index (χ1v) is 13.8. The highest BCUT2D eigenvalue weighted by Gasteiger charge is 2.14. The van der Waals surface area contributed by atoms with E-state index in [0.717, 1.165) is 0 Å². The van der Waals surface area contributed by atoms with Gasteiger partial charge in [-0.05, 0) is 24.3 Å². The summed E-state index contributed by atoms with van der Waals surface area (Å²) in [4.78, 5) is 47.7. The molecule has 0 fully saturated rings. The van der Waals surface area contributed by atoms with Crippen LogP contribution in [-0.4, -0.2) is 76.7 Å². The van der Waals surface area contributed by atoms with Gasteiger partial charge < -0.3 is 37.9 Å². The first kappa shape index (κ1) is 32.0. The minimum absolute atomic E-state index is 0.0728. The zero-order valence-corrected chi connectivity index (χ0v) is 23.4. The van der Waals surface area contributed by atoms with Gasteiger partial charge in [0.15, 0.2) is 23.0 Å². The Hall–Kier alpha value is -4.48. The third kappa shape index (κ3) is 12.8. The van der Waals surface area contributed by atoms with Crippen molar-refractivity contribution in [2.45, 2.75) is 38.5 Å². The number of fused-ring (bicyclic) bond motifs is 2. The number of para-hydroxylation sites is 4. The standard InChI is InChI=1S/C30H36O12/c31-27-21-29(33)41-19-7-15-37-25-11-3-4-12-26(25)38-16-8-20-42-30(34)22-28(32)40-18-6-14-36-24-10-2-1-9-23(24)35-13-5-17-39-27/h1-4,9-12H,5-8,13-22H2. The molecule has 0 amide bonds. The SMILES string of the molecule is O=C1CC(=O)OCCCOc2ccccc2OCCCOC(=O)CC(=O)OCCCOc2ccccc2OCCCO1. The fraction of sp³-hybridized carbons (Fsp3) is 0.467. The van der Waals surface area contributed by atoms with E-state index in [1.54, 1.807) is 48.5 Å². The number of benzene rings is 2. The molecule has 1 heterocycles. The molecule has 42 heavy (non-hydrogen) atoms. The zero-order chi connectivity index (χ0) is 29.8. The average Bonchev–Trinajstić information content (AvgIpc) is 2.97. The molecule has 0 radical (unpaired) electrons. The van der Waals surface area contributed by atoms with E-state index >= 15 is 0 Å². The summed E-state index contributed by atoms with van der Waals surface area (Å²) in [6, 6.07) is 14.1. The maximum atomic E-state index is 11.9. The smallest absolute Gasteiger partial charge is 0.317 e. The van der Waals surface area contributed by atoms with Crippen molar-refractivity contribution < 1.29 is 57.1 Å². The first-order valence-electron chi connectivity index (χ1n) is 13.8. The van der Waals surface area contributed by atoms with Crippen LogP contribution in [-0.2, 0) is 38.1 Å². The maximum Gasteiger partial charge on any atom is 0.317 e. The van der Waals surface area contributed by atoms with E-state index in [1.807, 2.05) is 0 Å². The summed E-state index contributed by atoms with van der Waals surface area (Å²) in [7, 11) is 0. The molecule has 0 unspecified atom stereocenters. The highest BCUT2D eigenvalue weighted by Crippen LogP contribution is 2.27. The lowest BCUT2D eigenvalue weighted by atomic mass is 10.3. The van der Waals surface area contributed by atoms with Crippen LogP contribution in [0, 0.1) is 0 Å². The average molecular weight is 589 g/mol. The van der Waals surface area contributed by atoms with Crippen LogP contribution in [0.15, 0.2) is 48.5 Å². The Morgan fingerprint density at radius 3 is 0.786 bits per heavy atom. The van der Waals surface area contributed by atoms with Gasteiger partial charge in [-0.15, -0.1) is 0 Å². The number of carbonyl (C=O) groups excluding carboxylic acids is 4. The van der Waals surface area contributed by atoms with Gasteiger partial charge in [0.1, 0.15) is 12.8 Å². The van der Waals surface area contributed by atoms with Crippen molar-refractivity contribution in [3.63, 3.8) is 0 Å². The van der Waals surface area contributed by atoms with Crippen LogP contribution in [0.5, 0.6) is 23.0 Å². The number of rotatable bonds is 0. The fourth-order valence-corrected chi connectivity index (χ4v) is 3.53. The van der Waals surface area contributed by atoms with Gasteiger partial charge in [0.25, 0.3) is 0 Å². The molecule has 0 bridgehead atoms. The Kier molecular flexibility index (Phi) is 14.3. The Bertz CT molecular complexity index is 973. The van der Waals surface area contributed by atoms with E-state index in [-0.39, 0.29) is 52.9 Å². The molecule has 0 spiro atoms. The van der Waals surface area contributed by atoms with Crippen molar-refractivity contribution in [2.24, 2.45) is 0 Å². The lowest BCUT2D eigenvalue weighted by molar-refractivity contribution is -0.156. The monoisotopic (exact) mass is 588 g/mol. The molecular formula is C30H36O12. The lowest BCUT2D eigenvalue weighted by Gasteiger charge is -2.13. The number of hydrogen-bond acceptors (Lipinski definition) is 12. The number of esters is 4. The van der Waals surface area contributed by atoms with Gasteiger partial charge in [0.2, 0.25) is 0 Å². The molecule has 0 aromatic heterocycles. The molecule has 228 valence electrons. The number of hydrogen-bond donors (Lipinski definition) is 0. The quantitative estimate of drug-likeness (QED) is 0.253. The van der Waals surface area contributed by atoms with Crippen LogP contribution in [0.3, 0.4) is 0 Å². The Morgan fingerprint density at radius 1 is 0.333 bits per heavy atom. The summed E-state index contributed by atoms with van der Waals surface area (Å²) in [5.74, 6) is -0.701. The van der Waals surface area contributed by atoms with E-state index in [9.17, 15) is 19.2 Å². The molecular weight excluding hydrogens is 552 g/mol. The minimum atomic E-state index is -0.679. The maximum absolute atomic E-state index is 11.9. The zero-order valence-electron chi connectivity index (χ0n) is 23.4. The second-order valence-electron chi connectivity index (χ2n) is 8.94. The van der Waals surface area contributed by atoms with E-state index in [4.69, 9.17) is 37.9 Å². The highest BCUT2D eigenvalue weighted by atomic mass is 16.6. The second kappa shape index (κ2) is 18.8. The van der Waals surface area contributed by atoms with Crippen LogP contribution in [0.25, 0.3) is 0 Å². The second-order valence-corrected chi connectivity index (χ2v) is 8.94. The number of cyclic esters (lactones) is 4. The summed E-state index contributed by atoms with van der Waals surface area (Å²) < 4.78 is 43.3. The van der Waals surface area contributed by atoms with E-state index in [2.05, 4.69) is 0 Å². The third-order valence-corrected chi connectivity index (χ3v) is 5.51. The van der Waals surface area contributed by atoms with Gasteiger partial charge in [-0.2, -0.15) is 0 Å². The fourth-order valence-electron chi connectivity index (χ4n) is 3.53. The van der Waals surface area contributed by atoms with Gasteiger partial charge in [0, 0.05) is 25.7 Å². The summed E-state index contributed by atoms with van der Waals surface area (Å²) in [6.07, 6.45) is 0.623. The van der Waals surface area contributed by atoms with E-state index < -0.39 is 36.7 Å². The molecule has 0 N–H and O–H groups in total. The van der Waals surface area contributed by atoms with Crippen molar-refractivity contribution in [2.75, 3.05) is 52.9 Å². The molecule has 0 aliphatic carbocycles. The summed E-state index contributed by atoms with van der Waals surface area (Å²) in [5.41, 5.74) is 0. The van der Waals surface area contributed by atoms with Crippen molar-refractivity contribution in [1.29, 1.82) is 0 Å². The Balaban J connectivity index is 1.49. The molecule has 0 saturated carbocycles. The minimum Gasteiger partial charge on any atom is -0.490 e. The van der Waals surface area contributed by atoms with Crippen molar-refractivity contribution >= 4 is 23.9 Å².